The summed E-state index contributed by atoms with van der Waals surface area (Å²) in [4.78, 5) is 41.7. The average molecular weight is 1080 g/mol. The zero-order chi connectivity index (χ0) is 54.0. The summed E-state index contributed by atoms with van der Waals surface area (Å²) >= 11 is 0. The Bertz CT molecular complexity index is 1740. The largest absolute Gasteiger partial charge is 2.00 e. The van der Waals surface area contributed by atoms with E-state index < -0.39 is 23.5 Å². The third kappa shape index (κ3) is 39.1. The molecule has 3 aromatic rings. The van der Waals surface area contributed by atoms with Crippen LogP contribution in [-0.2, 0) is 36.1 Å². The quantitative estimate of drug-likeness (QED) is 0.0133. The van der Waals surface area contributed by atoms with Gasteiger partial charge in [0.2, 0.25) is 0 Å². The Morgan fingerprint density at radius 1 is 0.440 bits per heavy atom. The van der Waals surface area contributed by atoms with Gasteiger partial charge >= 0.3 is 29.0 Å². The maximum Gasteiger partial charge on any atom is 2.00 e. The molecule has 13 heteroatoms. The van der Waals surface area contributed by atoms with E-state index in [2.05, 4.69) is 33.8 Å². The Kier molecular flexibility index (Phi) is 47.7. The number of hydrogen-bond donors (Lipinski definition) is 0. The van der Waals surface area contributed by atoms with Crippen LogP contribution in [0.25, 0.3) is 0 Å². The number of aromatic nitrogens is 2. The number of nitrogens with zero attached hydrogens (tertiary/aromatic N) is 4. The van der Waals surface area contributed by atoms with Gasteiger partial charge in [0.05, 0.1) is 48.9 Å². The van der Waals surface area contributed by atoms with Gasteiger partial charge in [-0.2, -0.15) is 0 Å². The van der Waals surface area contributed by atoms with Crippen molar-refractivity contribution in [2.24, 2.45) is 9.98 Å². The molecule has 0 atom stereocenters. The molecule has 420 valence electrons. The normalized spacial score (nSPS) is 11.6. The van der Waals surface area contributed by atoms with E-state index in [4.69, 9.17) is 18.9 Å². The SMILES string of the molecule is CCCCCCCCCCCCCCCCOc1cc(N=C/C(C(=O)OCC)=C(/C)[O-])c(N=C/C(C(=O)OCC)=C(/C)[O-])cc1OCCCCCCCCCCCCCCCC.[Fe+2].c1ccncc1.c1ccncc1. The van der Waals surface area contributed by atoms with E-state index in [0.29, 0.717) is 24.7 Å². The van der Waals surface area contributed by atoms with Gasteiger partial charge in [0.1, 0.15) is 0 Å². The molecule has 0 fully saturated rings. The van der Waals surface area contributed by atoms with Crippen LogP contribution < -0.4 is 19.7 Å². The van der Waals surface area contributed by atoms with E-state index in [-0.39, 0.29) is 52.8 Å². The summed E-state index contributed by atoms with van der Waals surface area (Å²) in [5.41, 5.74) is 0.0336. The molecule has 0 N–H and O–H groups in total. The Hall–Kier alpha value is -5.00. The summed E-state index contributed by atoms with van der Waals surface area (Å²) in [6, 6.07) is 14.8. The fourth-order valence-electron chi connectivity index (χ4n) is 7.81. The average Bonchev–Trinajstić information content (AvgIpc) is 3.40. The maximum absolute atomic E-state index is 12.6. The Labute approximate surface area is 464 Å². The van der Waals surface area contributed by atoms with Gasteiger partial charge in [-0.3, -0.25) is 20.0 Å². The summed E-state index contributed by atoms with van der Waals surface area (Å²) < 4.78 is 22.8. The smallest absolute Gasteiger partial charge is 0.875 e. The number of ether oxygens (including phenoxy) is 4. The molecule has 0 bridgehead atoms. The minimum absolute atomic E-state index is 0. The number of pyridine rings is 2. The minimum atomic E-state index is -0.786. The number of carbonyl (C=O) groups excluding carboxylic acids is 2. The molecule has 2 heterocycles. The fraction of sp³-hybridized carbons (Fsp3) is 0.613. The summed E-state index contributed by atoms with van der Waals surface area (Å²) in [7, 11) is 0. The number of esters is 2. The van der Waals surface area contributed by atoms with Crippen molar-refractivity contribution in [1.82, 2.24) is 9.97 Å². The van der Waals surface area contributed by atoms with E-state index in [0.717, 1.165) is 51.0 Å². The van der Waals surface area contributed by atoms with Gasteiger partial charge in [0.15, 0.2) is 11.5 Å². The van der Waals surface area contributed by atoms with Crippen LogP contribution in [0.3, 0.4) is 0 Å². The monoisotopic (exact) mass is 1080 g/mol. The minimum Gasteiger partial charge on any atom is -0.875 e. The topological polar surface area (TPSA) is 168 Å². The standard InChI is InChI=1S/C52H88N2O8.2C5H5N.Fe/c1-7-11-13-15-17-19-21-23-25-27-29-31-33-35-37-61-49-39-47(53-41-45(43(5)55)51(57)59-9-3)48(54-42-46(44(6)56)52(58)60-10-4)40-50(49)62-38-36-34-32-30-28-26-24-22-20-18-16-14-12-8-2;2*1-2-4-6-5-3-1;/h39-42,55-56H,7-38H2,1-6H3;2*1-5H;/q;;;+2/p-2/b45-43+,46-44+,53-41?,54-42?;;;. The molecule has 0 aliphatic carbocycles. The van der Waals surface area contributed by atoms with Crippen LogP contribution in [-0.4, -0.2) is 60.8 Å². The van der Waals surface area contributed by atoms with Gasteiger partial charge in [-0.1, -0.05) is 207 Å². The summed E-state index contributed by atoms with van der Waals surface area (Å²) in [6.45, 7) is 11.5. The first kappa shape index (κ1) is 70.0. The Morgan fingerprint density at radius 3 is 0.920 bits per heavy atom. The van der Waals surface area contributed by atoms with Crippen LogP contribution in [0.4, 0.5) is 11.4 Å². The number of allylic oxidation sites excluding steroid dienone is 2. The molecule has 0 aliphatic rings. The number of carbonyl (C=O) groups is 2. The molecule has 0 aliphatic heterocycles. The molecular formula is C62H96FeN4O8. The summed E-state index contributed by atoms with van der Waals surface area (Å²) in [6.07, 6.45) is 44.7. The van der Waals surface area contributed by atoms with Gasteiger partial charge in [0, 0.05) is 49.3 Å². The van der Waals surface area contributed by atoms with E-state index in [1.165, 1.54) is 155 Å². The van der Waals surface area contributed by atoms with Crippen molar-refractivity contribution in [1.29, 1.82) is 0 Å². The van der Waals surface area contributed by atoms with Gasteiger partial charge in [-0.15, -0.1) is 11.5 Å². The van der Waals surface area contributed by atoms with Crippen LogP contribution in [0, 0.1) is 0 Å². The molecule has 75 heavy (non-hydrogen) atoms. The number of aliphatic imine (C=N–C) groups is 2. The number of unbranched alkanes of at least 4 members (excludes halogenated alkanes) is 26. The van der Waals surface area contributed by atoms with Crippen molar-refractivity contribution in [3.8, 4) is 11.5 Å². The second-order valence-electron chi connectivity index (χ2n) is 18.6. The molecule has 0 radical (unpaired) electrons. The maximum atomic E-state index is 12.6. The number of hydrogen-bond acceptors (Lipinski definition) is 12. The van der Waals surface area contributed by atoms with Crippen molar-refractivity contribution in [2.45, 2.75) is 221 Å². The number of benzene rings is 1. The van der Waals surface area contributed by atoms with Gasteiger partial charge < -0.3 is 29.2 Å². The zero-order valence-corrected chi connectivity index (χ0v) is 48.2. The first-order chi connectivity index (χ1) is 36.2. The Morgan fingerprint density at radius 2 is 0.707 bits per heavy atom. The van der Waals surface area contributed by atoms with Crippen LogP contribution >= 0.6 is 0 Å². The molecule has 2 aromatic heterocycles. The first-order valence-corrected chi connectivity index (χ1v) is 28.5. The van der Waals surface area contributed by atoms with E-state index >= 15 is 0 Å². The Balaban J connectivity index is 0.00000366. The third-order valence-corrected chi connectivity index (χ3v) is 12.1. The zero-order valence-electron chi connectivity index (χ0n) is 47.1. The number of rotatable bonds is 40. The van der Waals surface area contributed by atoms with Gasteiger partial charge in [-0.25, -0.2) is 9.59 Å². The van der Waals surface area contributed by atoms with E-state index in [9.17, 15) is 19.8 Å². The predicted octanol–water partition coefficient (Wildman–Crippen LogP) is 15.4. The fourth-order valence-corrected chi connectivity index (χ4v) is 7.81. The van der Waals surface area contributed by atoms with Gasteiger partial charge in [0.25, 0.3) is 0 Å². The second-order valence-corrected chi connectivity index (χ2v) is 18.6. The first-order valence-electron chi connectivity index (χ1n) is 28.5. The van der Waals surface area contributed by atoms with E-state index in [1.807, 2.05) is 36.4 Å². The molecule has 1 aromatic carbocycles. The molecule has 0 spiro atoms. The van der Waals surface area contributed by atoms with Crippen LogP contribution in [0.2, 0.25) is 0 Å². The summed E-state index contributed by atoms with van der Waals surface area (Å²) in [5.74, 6) is -1.67. The predicted molar refractivity (Wildman–Crippen MR) is 301 cm³/mol. The molecule has 0 unspecified atom stereocenters. The van der Waals surface area contributed by atoms with Crippen LogP contribution in [0.15, 0.2) is 106 Å². The third-order valence-electron chi connectivity index (χ3n) is 12.1. The molecule has 0 saturated carbocycles. The van der Waals surface area contributed by atoms with Crippen LogP contribution in [0.1, 0.15) is 221 Å². The second kappa shape index (κ2) is 51.1. The van der Waals surface area contributed by atoms with Crippen molar-refractivity contribution >= 4 is 35.7 Å². The molecule has 12 nitrogen and oxygen atoms in total. The van der Waals surface area contributed by atoms with Crippen LogP contribution in [0.5, 0.6) is 11.5 Å². The van der Waals surface area contributed by atoms with E-state index in [1.54, 1.807) is 50.8 Å². The van der Waals surface area contributed by atoms with Crippen molar-refractivity contribution in [3.63, 3.8) is 0 Å². The van der Waals surface area contributed by atoms with Gasteiger partial charge in [-0.05, 0) is 51.0 Å². The van der Waals surface area contributed by atoms with Crippen molar-refractivity contribution in [3.05, 3.63) is 96.0 Å². The molecule has 0 saturated heterocycles. The molecular weight excluding hydrogens is 985 g/mol. The summed E-state index contributed by atoms with van der Waals surface area (Å²) in [5, 5.41) is 24.8. The van der Waals surface area contributed by atoms with Crippen molar-refractivity contribution in [2.75, 3.05) is 26.4 Å². The van der Waals surface area contributed by atoms with Crippen molar-refractivity contribution < 1.29 is 55.8 Å². The molecule has 3 rings (SSSR count). The molecule has 0 amide bonds.